The Morgan fingerprint density at radius 1 is 1.03 bits per heavy atom. The van der Waals surface area contributed by atoms with Gasteiger partial charge in [0.1, 0.15) is 12.4 Å². The Hall–Kier alpha value is -3.00. The molecule has 2 aromatic carbocycles. The first kappa shape index (κ1) is 23.4. The lowest BCUT2D eigenvalue weighted by molar-refractivity contribution is 0.150. The predicted molar refractivity (Wildman–Crippen MR) is 149 cm³/mol. The van der Waals surface area contributed by atoms with Crippen LogP contribution in [0.4, 0.5) is 11.4 Å². The van der Waals surface area contributed by atoms with Gasteiger partial charge in [0.2, 0.25) is 0 Å². The summed E-state index contributed by atoms with van der Waals surface area (Å²) in [4.78, 5) is 15.4. The largest absolute Gasteiger partial charge is 0.494 e. The van der Waals surface area contributed by atoms with Gasteiger partial charge in [-0.25, -0.2) is 0 Å². The van der Waals surface area contributed by atoms with Gasteiger partial charge in [0.05, 0.1) is 23.5 Å². The highest BCUT2D eigenvalue weighted by Gasteiger charge is 2.26. The highest BCUT2D eigenvalue weighted by Crippen LogP contribution is 2.36. The van der Waals surface area contributed by atoms with Gasteiger partial charge in [-0.1, -0.05) is 29.8 Å². The standard InChI is InChI=1S/C28H33ClN6O/c1-36-27-16-21(33-12-8-20(9-13-33)34-14-10-30-11-15-34)6-7-26(27)35-18-24(29)28(32-19-35)23-17-31-25-5-3-2-4-22(23)25/h2-7,16-18,20,30-31H,8-15,19H2,1H3. The minimum absolute atomic E-state index is 0.483. The monoisotopic (exact) mass is 504 g/mol. The van der Waals surface area contributed by atoms with Crippen LogP contribution >= 0.6 is 11.6 Å². The molecule has 8 heteroatoms. The number of hydrogen-bond acceptors (Lipinski definition) is 6. The number of piperidine rings is 1. The quantitative estimate of drug-likeness (QED) is 0.539. The van der Waals surface area contributed by atoms with Gasteiger partial charge in [-0.05, 0) is 31.0 Å². The average Bonchev–Trinajstić information content (AvgIpc) is 3.37. The molecule has 0 bridgehead atoms. The number of nitrogens with zero attached hydrogens (tertiary/aromatic N) is 4. The van der Waals surface area contributed by atoms with Gasteiger partial charge in [0.25, 0.3) is 0 Å². The fourth-order valence-corrected chi connectivity index (χ4v) is 6.00. The Kier molecular flexibility index (Phi) is 6.61. The number of benzene rings is 2. The van der Waals surface area contributed by atoms with E-state index in [0.717, 1.165) is 59.8 Å². The van der Waals surface area contributed by atoms with Gasteiger partial charge in [-0.3, -0.25) is 9.89 Å². The Balaban J connectivity index is 1.16. The number of rotatable bonds is 5. The summed E-state index contributed by atoms with van der Waals surface area (Å²) < 4.78 is 5.83. The summed E-state index contributed by atoms with van der Waals surface area (Å²) in [6.07, 6.45) is 6.36. The van der Waals surface area contributed by atoms with Crippen LogP contribution in [0.2, 0.25) is 0 Å². The third-order valence-corrected chi connectivity index (χ3v) is 7.97. The first-order valence-electron chi connectivity index (χ1n) is 12.8. The van der Waals surface area contributed by atoms with Crippen LogP contribution in [0.5, 0.6) is 5.75 Å². The molecule has 0 aliphatic carbocycles. The Labute approximate surface area is 217 Å². The van der Waals surface area contributed by atoms with Crippen molar-refractivity contribution in [1.82, 2.24) is 15.2 Å². The van der Waals surface area contributed by atoms with Crippen LogP contribution in [-0.4, -0.2) is 74.7 Å². The number of piperazine rings is 1. The molecule has 0 unspecified atom stereocenters. The smallest absolute Gasteiger partial charge is 0.144 e. The van der Waals surface area contributed by atoms with Gasteiger partial charge in [-0.2, -0.15) is 0 Å². The molecular formula is C28H33ClN6O. The summed E-state index contributed by atoms with van der Waals surface area (Å²) in [5, 5.41) is 5.20. The van der Waals surface area contributed by atoms with E-state index in [1.165, 1.54) is 31.6 Å². The summed E-state index contributed by atoms with van der Waals surface area (Å²) in [7, 11) is 1.73. The lowest BCUT2D eigenvalue weighted by Crippen LogP contribution is -2.52. The van der Waals surface area contributed by atoms with E-state index in [-0.39, 0.29) is 0 Å². The number of aromatic nitrogens is 1. The third-order valence-electron chi connectivity index (χ3n) is 7.69. The van der Waals surface area contributed by atoms with E-state index in [4.69, 9.17) is 21.3 Å². The van der Waals surface area contributed by atoms with Crippen molar-refractivity contribution in [3.8, 4) is 5.75 Å². The molecule has 0 saturated carbocycles. The van der Waals surface area contributed by atoms with E-state index in [1.807, 2.05) is 24.5 Å². The molecule has 1 aromatic heterocycles. The zero-order valence-electron chi connectivity index (χ0n) is 20.7. The maximum absolute atomic E-state index is 6.76. The SMILES string of the molecule is COc1cc(N2CCC(N3CCNCC3)CC2)ccc1N1C=C(Cl)C(c2c[nH]c3ccccc23)=NC1. The number of H-pyrrole nitrogens is 1. The van der Waals surface area contributed by atoms with E-state index in [2.05, 4.69) is 55.3 Å². The maximum atomic E-state index is 6.76. The van der Waals surface area contributed by atoms with Gasteiger partial charge in [-0.15, -0.1) is 0 Å². The number of halogens is 1. The molecule has 3 aliphatic rings. The number of fused-ring (bicyclic) bond motifs is 1. The van der Waals surface area contributed by atoms with Crippen molar-refractivity contribution in [2.24, 2.45) is 4.99 Å². The number of methoxy groups -OCH3 is 1. The van der Waals surface area contributed by atoms with Crippen LogP contribution < -0.4 is 19.9 Å². The van der Waals surface area contributed by atoms with Crippen molar-refractivity contribution in [1.29, 1.82) is 0 Å². The maximum Gasteiger partial charge on any atom is 0.144 e. The molecule has 188 valence electrons. The first-order valence-corrected chi connectivity index (χ1v) is 13.2. The van der Waals surface area contributed by atoms with Crippen LogP contribution in [0.15, 0.2) is 64.9 Å². The summed E-state index contributed by atoms with van der Waals surface area (Å²) >= 11 is 6.76. The third kappa shape index (κ3) is 4.47. The van der Waals surface area contributed by atoms with Crippen molar-refractivity contribution in [3.63, 3.8) is 0 Å². The molecule has 2 N–H and O–H groups in total. The van der Waals surface area contributed by atoms with E-state index < -0.39 is 0 Å². The number of hydrogen-bond donors (Lipinski definition) is 2. The number of aromatic amines is 1. The fourth-order valence-electron chi connectivity index (χ4n) is 5.72. The molecule has 36 heavy (non-hydrogen) atoms. The second-order valence-corrected chi connectivity index (χ2v) is 10.1. The lowest BCUT2D eigenvalue weighted by Gasteiger charge is -2.41. The van der Waals surface area contributed by atoms with Crippen LogP contribution in [0.3, 0.4) is 0 Å². The molecule has 2 saturated heterocycles. The second kappa shape index (κ2) is 10.2. The molecule has 7 nitrogen and oxygen atoms in total. The fraction of sp³-hybridized carbons (Fsp3) is 0.393. The Morgan fingerprint density at radius 3 is 2.61 bits per heavy atom. The summed E-state index contributed by atoms with van der Waals surface area (Å²) in [5.41, 5.74) is 5.10. The van der Waals surface area contributed by atoms with Crippen molar-refractivity contribution in [2.45, 2.75) is 18.9 Å². The molecular weight excluding hydrogens is 472 g/mol. The molecule has 3 aliphatic heterocycles. The summed E-state index contributed by atoms with van der Waals surface area (Å²) in [6.45, 7) is 7.20. The molecule has 0 radical (unpaired) electrons. The van der Waals surface area contributed by atoms with Gasteiger partial charge < -0.3 is 24.8 Å². The molecule has 0 amide bonds. The zero-order chi connectivity index (χ0) is 24.5. The number of allylic oxidation sites excluding steroid dienone is 1. The molecule has 3 aromatic rings. The van der Waals surface area contributed by atoms with Crippen molar-refractivity contribution in [2.75, 3.05) is 62.8 Å². The normalized spacial score (nSPS) is 19.9. The van der Waals surface area contributed by atoms with Crippen LogP contribution in [-0.2, 0) is 0 Å². The molecule has 4 heterocycles. The van der Waals surface area contributed by atoms with Crippen LogP contribution in [0, 0.1) is 0 Å². The highest BCUT2D eigenvalue weighted by molar-refractivity contribution is 6.47. The molecule has 6 rings (SSSR count). The molecule has 2 fully saturated rings. The van der Waals surface area contributed by atoms with E-state index in [9.17, 15) is 0 Å². The first-order chi connectivity index (χ1) is 17.7. The number of anilines is 2. The minimum Gasteiger partial charge on any atom is -0.494 e. The minimum atomic E-state index is 0.483. The van der Waals surface area contributed by atoms with Gasteiger partial charge in [0.15, 0.2) is 0 Å². The van der Waals surface area contributed by atoms with E-state index in [1.54, 1.807) is 7.11 Å². The van der Waals surface area contributed by atoms with Crippen molar-refractivity contribution >= 4 is 39.6 Å². The zero-order valence-corrected chi connectivity index (χ0v) is 21.5. The van der Waals surface area contributed by atoms with Gasteiger partial charge in [0, 0.05) is 85.9 Å². The van der Waals surface area contributed by atoms with E-state index in [0.29, 0.717) is 17.7 Å². The number of ether oxygens (including phenoxy) is 1. The topological polar surface area (TPSA) is 59.1 Å². The Bertz CT molecular complexity index is 1290. The predicted octanol–water partition coefficient (Wildman–Crippen LogP) is 4.40. The van der Waals surface area contributed by atoms with Crippen LogP contribution in [0.25, 0.3) is 10.9 Å². The summed E-state index contributed by atoms with van der Waals surface area (Å²) in [5.74, 6) is 0.836. The lowest BCUT2D eigenvalue weighted by atomic mass is 10.0. The average molecular weight is 505 g/mol. The number of para-hydroxylation sites is 1. The van der Waals surface area contributed by atoms with Crippen molar-refractivity contribution < 1.29 is 4.74 Å². The molecule has 0 atom stereocenters. The summed E-state index contributed by atoms with van der Waals surface area (Å²) in [6, 6.07) is 15.4. The number of aliphatic imine (C=N–C) groups is 1. The van der Waals surface area contributed by atoms with Crippen molar-refractivity contribution in [3.05, 3.63) is 65.5 Å². The van der Waals surface area contributed by atoms with Gasteiger partial charge >= 0.3 is 0 Å². The van der Waals surface area contributed by atoms with Crippen LogP contribution in [0.1, 0.15) is 18.4 Å². The molecule has 0 spiro atoms. The number of nitrogens with one attached hydrogen (secondary N) is 2. The Morgan fingerprint density at radius 2 is 1.83 bits per heavy atom. The highest BCUT2D eigenvalue weighted by atomic mass is 35.5. The second-order valence-electron chi connectivity index (χ2n) is 9.70. The van der Waals surface area contributed by atoms with E-state index >= 15 is 0 Å².